The number of hydrogen-bond donors (Lipinski definition) is 1. The smallest absolute Gasteiger partial charge is 0.322 e. The third-order valence-electron chi connectivity index (χ3n) is 6.04. The number of urea groups is 1. The molecule has 0 saturated carbocycles. The molecule has 0 radical (unpaired) electrons. The van der Waals surface area contributed by atoms with Crippen molar-refractivity contribution in [2.45, 2.75) is 52.1 Å². The van der Waals surface area contributed by atoms with E-state index in [0.717, 1.165) is 50.3 Å². The quantitative estimate of drug-likeness (QED) is 0.897. The van der Waals surface area contributed by atoms with Crippen LogP contribution in [0.5, 0.6) is 0 Å². The van der Waals surface area contributed by atoms with Gasteiger partial charge in [0, 0.05) is 31.4 Å². The molecule has 6 heteroatoms. The van der Waals surface area contributed by atoms with E-state index in [4.69, 9.17) is 0 Å². The minimum absolute atomic E-state index is 0.0143. The van der Waals surface area contributed by atoms with Crippen LogP contribution < -0.4 is 10.2 Å². The Morgan fingerprint density at radius 2 is 2.15 bits per heavy atom. The van der Waals surface area contributed by atoms with E-state index >= 15 is 0 Å². The van der Waals surface area contributed by atoms with Crippen LogP contribution in [-0.2, 0) is 6.42 Å². The number of anilines is 2. The maximum atomic E-state index is 12.9. The Morgan fingerprint density at radius 1 is 1.33 bits per heavy atom. The highest BCUT2D eigenvalue weighted by molar-refractivity contribution is 5.90. The number of nitrogens with zero attached hydrogens (tertiary/aromatic N) is 4. The first-order valence-corrected chi connectivity index (χ1v) is 10.0. The minimum Gasteiger partial charge on any atom is -0.366 e. The Bertz CT molecular complexity index is 830. The van der Waals surface area contributed by atoms with E-state index in [9.17, 15) is 4.79 Å². The number of nitrogens with one attached hydrogen (secondary N) is 1. The molecule has 2 aliphatic rings. The Kier molecular flexibility index (Phi) is 4.81. The lowest BCUT2D eigenvalue weighted by molar-refractivity contribution is 0.211. The number of hydrogen-bond acceptors (Lipinski definition) is 3. The van der Waals surface area contributed by atoms with Gasteiger partial charge in [-0.25, -0.2) is 4.79 Å². The van der Waals surface area contributed by atoms with Crippen LogP contribution in [0.2, 0.25) is 0 Å². The second-order valence-corrected chi connectivity index (χ2v) is 7.76. The van der Waals surface area contributed by atoms with Gasteiger partial charge in [-0.05, 0) is 44.7 Å². The van der Waals surface area contributed by atoms with Crippen LogP contribution >= 0.6 is 0 Å². The molecule has 2 amide bonds. The molecule has 1 saturated heterocycles. The first-order chi connectivity index (χ1) is 13.1. The molecule has 2 aromatic rings. The molecular formula is C21H29N5O. The first kappa shape index (κ1) is 17.9. The SMILES string of the molecule is CCC(C)n1ncc(NC(=O)N2CCCN3c4ccccc4CC3C2)c1C. The van der Waals surface area contributed by atoms with E-state index in [1.54, 1.807) is 6.20 Å². The van der Waals surface area contributed by atoms with Gasteiger partial charge in [0.2, 0.25) is 0 Å². The molecular weight excluding hydrogens is 338 g/mol. The van der Waals surface area contributed by atoms with Gasteiger partial charge in [-0.15, -0.1) is 0 Å². The molecule has 144 valence electrons. The Balaban J connectivity index is 1.45. The summed E-state index contributed by atoms with van der Waals surface area (Å²) < 4.78 is 1.99. The molecule has 2 aliphatic heterocycles. The molecule has 0 bridgehead atoms. The second-order valence-electron chi connectivity index (χ2n) is 7.76. The average molecular weight is 367 g/mol. The fourth-order valence-corrected chi connectivity index (χ4v) is 4.31. The van der Waals surface area contributed by atoms with Crippen molar-refractivity contribution in [3.63, 3.8) is 0 Å². The maximum absolute atomic E-state index is 12.9. The number of aromatic nitrogens is 2. The van der Waals surface area contributed by atoms with E-state index < -0.39 is 0 Å². The summed E-state index contributed by atoms with van der Waals surface area (Å²) in [6.07, 6.45) is 4.79. The monoisotopic (exact) mass is 367 g/mol. The Labute approximate surface area is 161 Å². The fourth-order valence-electron chi connectivity index (χ4n) is 4.31. The molecule has 6 nitrogen and oxygen atoms in total. The highest BCUT2D eigenvalue weighted by Crippen LogP contribution is 2.33. The molecule has 1 fully saturated rings. The number of rotatable bonds is 3. The van der Waals surface area contributed by atoms with Gasteiger partial charge in [0.15, 0.2) is 0 Å². The van der Waals surface area contributed by atoms with E-state index in [1.807, 2.05) is 16.5 Å². The zero-order valence-electron chi connectivity index (χ0n) is 16.5. The van der Waals surface area contributed by atoms with Gasteiger partial charge in [-0.3, -0.25) is 4.68 Å². The molecule has 1 aromatic heterocycles. The Morgan fingerprint density at radius 3 is 2.96 bits per heavy atom. The third-order valence-corrected chi connectivity index (χ3v) is 6.04. The predicted molar refractivity (Wildman–Crippen MR) is 108 cm³/mol. The molecule has 0 aliphatic carbocycles. The summed E-state index contributed by atoms with van der Waals surface area (Å²) >= 11 is 0. The topological polar surface area (TPSA) is 53.4 Å². The summed E-state index contributed by atoms with van der Waals surface area (Å²) in [6.45, 7) is 8.88. The van der Waals surface area contributed by atoms with Crippen LogP contribution in [-0.4, -0.2) is 46.4 Å². The van der Waals surface area contributed by atoms with Crippen molar-refractivity contribution in [2.24, 2.45) is 0 Å². The lowest BCUT2D eigenvalue weighted by Gasteiger charge is -2.27. The highest BCUT2D eigenvalue weighted by Gasteiger charge is 2.33. The van der Waals surface area contributed by atoms with Crippen LogP contribution in [0.4, 0.5) is 16.2 Å². The highest BCUT2D eigenvalue weighted by atomic mass is 16.2. The van der Waals surface area contributed by atoms with E-state index in [1.165, 1.54) is 11.3 Å². The van der Waals surface area contributed by atoms with Crippen molar-refractivity contribution in [1.29, 1.82) is 0 Å². The number of amides is 2. The van der Waals surface area contributed by atoms with E-state index in [0.29, 0.717) is 12.1 Å². The van der Waals surface area contributed by atoms with Crippen LogP contribution in [0.15, 0.2) is 30.5 Å². The standard InChI is InChI=1S/C21H29N5O/c1-4-15(2)26-16(3)19(13-22-26)23-21(27)24-10-7-11-25-18(14-24)12-17-8-5-6-9-20(17)25/h5-6,8-9,13,15,18H,4,7,10-12,14H2,1-3H3,(H,23,27). The summed E-state index contributed by atoms with van der Waals surface area (Å²) in [5, 5.41) is 7.55. The third kappa shape index (κ3) is 3.29. The summed E-state index contributed by atoms with van der Waals surface area (Å²) in [5.74, 6) is 0. The Hall–Kier alpha value is -2.50. The van der Waals surface area contributed by atoms with Gasteiger partial charge in [-0.2, -0.15) is 5.10 Å². The van der Waals surface area contributed by atoms with Crippen molar-refractivity contribution >= 4 is 17.4 Å². The van der Waals surface area contributed by atoms with Gasteiger partial charge in [0.05, 0.1) is 23.6 Å². The van der Waals surface area contributed by atoms with Crippen LogP contribution in [0.25, 0.3) is 0 Å². The fraction of sp³-hybridized carbons (Fsp3) is 0.524. The summed E-state index contributed by atoms with van der Waals surface area (Å²) in [5.41, 5.74) is 4.57. The maximum Gasteiger partial charge on any atom is 0.322 e. The van der Waals surface area contributed by atoms with Crippen molar-refractivity contribution < 1.29 is 4.79 Å². The van der Waals surface area contributed by atoms with Crippen LogP contribution in [0.1, 0.15) is 44.0 Å². The molecule has 1 N–H and O–H groups in total. The lowest BCUT2D eigenvalue weighted by atomic mass is 10.1. The zero-order chi connectivity index (χ0) is 19.0. The molecule has 0 spiro atoms. The van der Waals surface area contributed by atoms with Crippen LogP contribution in [0.3, 0.4) is 0 Å². The number of benzene rings is 1. The molecule has 27 heavy (non-hydrogen) atoms. The van der Waals surface area contributed by atoms with Gasteiger partial charge in [0.1, 0.15) is 0 Å². The predicted octanol–water partition coefficient (Wildman–Crippen LogP) is 3.83. The van der Waals surface area contributed by atoms with Gasteiger partial charge in [-0.1, -0.05) is 25.1 Å². The summed E-state index contributed by atoms with van der Waals surface area (Å²) in [4.78, 5) is 17.4. The van der Waals surface area contributed by atoms with E-state index in [-0.39, 0.29) is 6.03 Å². The molecule has 2 unspecified atom stereocenters. The van der Waals surface area contributed by atoms with Crippen molar-refractivity contribution in [1.82, 2.24) is 14.7 Å². The molecule has 4 rings (SSSR count). The number of carbonyl (C=O) groups is 1. The van der Waals surface area contributed by atoms with Crippen molar-refractivity contribution in [3.8, 4) is 0 Å². The van der Waals surface area contributed by atoms with Crippen molar-refractivity contribution in [2.75, 3.05) is 29.9 Å². The molecule has 3 heterocycles. The zero-order valence-corrected chi connectivity index (χ0v) is 16.5. The lowest BCUT2D eigenvalue weighted by Crippen LogP contribution is -2.43. The minimum atomic E-state index is -0.0143. The second kappa shape index (κ2) is 7.25. The van der Waals surface area contributed by atoms with E-state index in [2.05, 4.69) is 53.4 Å². The number of para-hydroxylation sites is 1. The average Bonchev–Trinajstić information content (AvgIpc) is 3.13. The molecule has 1 aromatic carbocycles. The van der Waals surface area contributed by atoms with Gasteiger partial charge in [0.25, 0.3) is 0 Å². The summed E-state index contributed by atoms with van der Waals surface area (Å²) in [6, 6.07) is 9.32. The first-order valence-electron chi connectivity index (χ1n) is 10.0. The normalized spacial score (nSPS) is 20.0. The number of carbonyl (C=O) groups excluding carboxylic acids is 1. The van der Waals surface area contributed by atoms with Crippen LogP contribution in [0, 0.1) is 6.92 Å². The van der Waals surface area contributed by atoms with Crippen molar-refractivity contribution in [3.05, 3.63) is 41.7 Å². The van der Waals surface area contributed by atoms with Gasteiger partial charge < -0.3 is 15.1 Å². The summed E-state index contributed by atoms with van der Waals surface area (Å²) in [7, 11) is 0. The van der Waals surface area contributed by atoms with Gasteiger partial charge >= 0.3 is 6.03 Å². The largest absolute Gasteiger partial charge is 0.366 e. The number of fused-ring (bicyclic) bond motifs is 3. The molecule has 2 atom stereocenters.